The van der Waals surface area contributed by atoms with Crippen molar-refractivity contribution in [3.63, 3.8) is 0 Å². The zero-order chi connectivity index (χ0) is 7.84. The number of benzene rings is 1. The number of furan rings is 1. The monoisotopic (exact) mass is 145 g/mol. The normalized spacial score (nSPS) is 10.7. The second-order valence-electron chi connectivity index (χ2n) is 2.73. The number of aryl methyl sites for hydroxylation is 2. The lowest BCUT2D eigenvalue weighted by molar-refractivity contribution is 0.577. The minimum Gasteiger partial charge on any atom is -0.461 e. The average Bonchev–Trinajstić information content (AvgIpc) is 2.31. The molecule has 2 aromatic rings. The fourth-order valence-electron chi connectivity index (χ4n) is 1.25. The van der Waals surface area contributed by atoms with Crippen molar-refractivity contribution < 1.29 is 4.42 Å². The lowest BCUT2D eigenvalue weighted by Gasteiger charge is -1.90. The van der Waals surface area contributed by atoms with E-state index in [9.17, 15) is 0 Å². The molecule has 0 saturated carbocycles. The van der Waals surface area contributed by atoms with Gasteiger partial charge in [-0.15, -0.1) is 0 Å². The molecule has 0 N–H and O–H groups in total. The molecule has 0 aliphatic heterocycles. The first kappa shape index (κ1) is 6.47. The van der Waals surface area contributed by atoms with Crippen LogP contribution in [0.1, 0.15) is 11.3 Å². The molecule has 2 rings (SSSR count). The number of hydrogen-bond acceptors (Lipinski definition) is 1. The fourth-order valence-corrected chi connectivity index (χ4v) is 1.25. The summed E-state index contributed by atoms with van der Waals surface area (Å²) in [5.41, 5.74) is 2.15. The van der Waals surface area contributed by atoms with Crippen molar-refractivity contribution in [2.75, 3.05) is 0 Å². The molecular formula is C10H9O. The Bertz CT molecular complexity index is 385. The van der Waals surface area contributed by atoms with Crippen molar-refractivity contribution in [2.24, 2.45) is 0 Å². The molecule has 11 heavy (non-hydrogen) atoms. The molecule has 1 radical (unpaired) electrons. The standard InChI is InChI=1S/C10H9O/c1-7-4-3-5-10-9(7)6-8(2)11-10/h3-5H,1-2H3. The van der Waals surface area contributed by atoms with E-state index >= 15 is 0 Å². The van der Waals surface area contributed by atoms with Crippen LogP contribution in [0.4, 0.5) is 0 Å². The van der Waals surface area contributed by atoms with Gasteiger partial charge in [0, 0.05) is 11.5 Å². The molecule has 0 amide bonds. The summed E-state index contributed by atoms with van der Waals surface area (Å²) in [4.78, 5) is 0. The molecule has 0 unspecified atom stereocenters. The van der Waals surface area contributed by atoms with Crippen molar-refractivity contribution >= 4 is 11.0 Å². The Morgan fingerprint density at radius 3 is 2.82 bits per heavy atom. The van der Waals surface area contributed by atoms with Crippen molar-refractivity contribution in [3.05, 3.63) is 35.6 Å². The molecule has 0 aliphatic carbocycles. The summed E-state index contributed by atoms with van der Waals surface area (Å²) in [5.74, 6) is 0.856. The summed E-state index contributed by atoms with van der Waals surface area (Å²) in [7, 11) is 0. The molecule has 0 atom stereocenters. The van der Waals surface area contributed by atoms with Gasteiger partial charge in [-0.1, -0.05) is 12.1 Å². The van der Waals surface area contributed by atoms with Crippen molar-refractivity contribution in [2.45, 2.75) is 13.8 Å². The van der Waals surface area contributed by atoms with E-state index < -0.39 is 0 Å². The molecule has 0 spiro atoms. The van der Waals surface area contributed by atoms with Gasteiger partial charge in [-0.05, 0) is 25.5 Å². The molecule has 0 fully saturated rings. The summed E-state index contributed by atoms with van der Waals surface area (Å²) >= 11 is 0. The smallest absolute Gasteiger partial charge is 0.135 e. The second-order valence-corrected chi connectivity index (χ2v) is 2.73. The molecule has 1 heteroatoms. The Morgan fingerprint density at radius 1 is 1.27 bits per heavy atom. The van der Waals surface area contributed by atoms with Gasteiger partial charge < -0.3 is 4.42 Å². The largest absolute Gasteiger partial charge is 0.461 e. The topological polar surface area (TPSA) is 13.1 Å². The maximum Gasteiger partial charge on any atom is 0.135 e. The Hall–Kier alpha value is -1.24. The van der Waals surface area contributed by atoms with E-state index in [1.165, 1.54) is 5.56 Å². The summed E-state index contributed by atoms with van der Waals surface area (Å²) in [6.45, 7) is 3.98. The van der Waals surface area contributed by atoms with Gasteiger partial charge >= 0.3 is 0 Å². The van der Waals surface area contributed by atoms with Crippen LogP contribution >= 0.6 is 0 Å². The zero-order valence-corrected chi connectivity index (χ0v) is 6.64. The Labute approximate surface area is 65.6 Å². The third-order valence-electron chi connectivity index (χ3n) is 1.80. The van der Waals surface area contributed by atoms with Crippen LogP contribution in [0.25, 0.3) is 11.0 Å². The highest BCUT2D eigenvalue weighted by atomic mass is 16.3. The van der Waals surface area contributed by atoms with Gasteiger partial charge in [-0.25, -0.2) is 0 Å². The summed E-state index contributed by atoms with van der Waals surface area (Å²) in [5, 5.41) is 1.10. The van der Waals surface area contributed by atoms with Crippen LogP contribution in [0.15, 0.2) is 22.6 Å². The third-order valence-corrected chi connectivity index (χ3v) is 1.80. The highest BCUT2D eigenvalue weighted by Gasteiger charge is 2.01. The maximum absolute atomic E-state index is 5.39. The second kappa shape index (κ2) is 2.12. The van der Waals surface area contributed by atoms with Crippen LogP contribution in [-0.4, -0.2) is 0 Å². The van der Waals surface area contributed by atoms with E-state index in [-0.39, 0.29) is 0 Å². The Morgan fingerprint density at radius 2 is 2.09 bits per heavy atom. The van der Waals surface area contributed by atoms with E-state index in [0.717, 1.165) is 16.7 Å². The number of fused-ring (bicyclic) bond motifs is 1. The lowest BCUT2D eigenvalue weighted by Crippen LogP contribution is -1.69. The minimum atomic E-state index is 0.856. The highest BCUT2D eigenvalue weighted by molar-refractivity contribution is 5.80. The van der Waals surface area contributed by atoms with E-state index in [1.807, 2.05) is 19.1 Å². The molecule has 0 saturated heterocycles. The first-order valence-corrected chi connectivity index (χ1v) is 3.65. The van der Waals surface area contributed by atoms with Crippen LogP contribution < -0.4 is 0 Å². The highest BCUT2D eigenvalue weighted by Crippen LogP contribution is 2.20. The van der Waals surface area contributed by atoms with Crippen molar-refractivity contribution in [3.8, 4) is 0 Å². The molecule has 0 aliphatic rings. The van der Waals surface area contributed by atoms with Crippen LogP contribution in [-0.2, 0) is 0 Å². The van der Waals surface area contributed by atoms with E-state index in [2.05, 4.69) is 19.1 Å². The van der Waals surface area contributed by atoms with Gasteiger partial charge in [0.15, 0.2) is 0 Å². The van der Waals surface area contributed by atoms with Gasteiger partial charge in [0.2, 0.25) is 0 Å². The van der Waals surface area contributed by atoms with Crippen LogP contribution in [0.3, 0.4) is 0 Å². The average molecular weight is 145 g/mol. The van der Waals surface area contributed by atoms with Crippen LogP contribution in [0.5, 0.6) is 0 Å². The number of rotatable bonds is 0. The molecule has 1 aromatic heterocycles. The van der Waals surface area contributed by atoms with Crippen LogP contribution in [0.2, 0.25) is 0 Å². The van der Waals surface area contributed by atoms with Gasteiger partial charge in [-0.3, -0.25) is 0 Å². The molecule has 1 heterocycles. The molecule has 1 nitrogen and oxygen atoms in total. The van der Waals surface area contributed by atoms with Gasteiger partial charge in [0.25, 0.3) is 0 Å². The summed E-state index contributed by atoms with van der Waals surface area (Å²) in [6.07, 6.45) is 0. The lowest BCUT2D eigenvalue weighted by atomic mass is 10.1. The van der Waals surface area contributed by atoms with Gasteiger partial charge in [0.1, 0.15) is 11.3 Å². The van der Waals surface area contributed by atoms with Crippen molar-refractivity contribution in [1.29, 1.82) is 0 Å². The SMILES string of the molecule is Cc1[c]c2c(C)cccc2o1. The molecular weight excluding hydrogens is 136 g/mol. The van der Waals surface area contributed by atoms with Gasteiger partial charge in [0.05, 0.1) is 0 Å². The van der Waals surface area contributed by atoms with Crippen LogP contribution in [0, 0.1) is 19.9 Å². The Kier molecular flexibility index (Phi) is 1.25. The zero-order valence-electron chi connectivity index (χ0n) is 6.64. The first-order chi connectivity index (χ1) is 5.27. The fraction of sp³-hybridized carbons (Fsp3) is 0.200. The predicted octanol–water partition coefficient (Wildman–Crippen LogP) is 2.85. The molecule has 1 aromatic carbocycles. The molecule has 0 bridgehead atoms. The van der Waals surface area contributed by atoms with E-state index in [0.29, 0.717) is 0 Å². The predicted molar refractivity (Wildman–Crippen MR) is 44.5 cm³/mol. The van der Waals surface area contributed by atoms with Crippen molar-refractivity contribution in [1.82, 2.24) is 0 Å². The van der Waals surface area contributed by atoms with Gasteiger partial charge in [-0.2, -0.15) is 0 Å². The summed E-state index contributed by atoms with van der Waals surface area (Å²) in [6, 6.07) is 9.18. The van der Waals surface area contributed by atoms with E-state index in [4.69, 9.17) is 4.42 Å². The minimum absolute atomic E-state index is 0.856. The summed E-state index contributed by atoms with van der Waals surface area (Å²) < 4.78 is 5.39. The quantitative estimate of drug-likeness (QED) is 0.555. The van der Waals surface area contributed by atoms with E-state index in [1.54, 1.807) is 0 Å². The maximum atomic E-state index is 5.39. The Balaban J connectivity index is 2.90. The third kappa shape index (κ3) is 0.929. The molecule has 55 valence electrons. The first-order valence-electron chi connectivity index (χ1n) is 3.65. The number of hydrogen-bond donors (Lipinski definition) is 0.